The number of ether oxygens (including phenoxy) is 1. The van der Waals surface area contributed by atoms with Crippen molar-refractivity contribution in [2.75, 3.05) is 26.0 Å². The fourth-order valence-corrected chi connectivity index (χ4v) is 3.27. The molecule has 0 aromatic rings. The molecule has 2 fully saturated rings. The molecule has 0 bridgehead atoms. The third-order valence-corrected chi connectivity index (χ3v) is 5.21. The number of hydrogen-bond acceptors (Lipinski definition) is 4. The van der Waals surface area contributed by atoms with Gasteiger partial charge in [0.25, 0.3) is 5.91 Å². The van der Waals surface area contributed by atoms with Gasteiger partial charge in [0.1, 0.15) is 10.9 Å². The molecule has 2 aliphatic rings. The molecule has 5 heteroatoms. The van der Waals surface area contributed by atoms with E-state index in [9.17, 15) is 10.1 Å². The smallest absolute Gasteiger partial charge is 0.251 e. The first-order chi connectivity index (χ1) is 8.71. The number of hydrogen-bond donors (Lipinski definition) is 0. The summed E-state index contributed by atoms with van der Waals surface area (Å²) >= 11 is 1.61. The van der Waals surface area contributed by atoms with Gasteiger partial charge >= 0.3 is 0 Å². The van der Waals surface area contributed by atoms with Gasteiger partial charge in [-0.25, -0.2) is 0 Å². The van der Waals surface area contributed by atoms with Gasteiger partial charge < -0.3 is 9.64 Å². The number of amides is 1. The third kappa shape index (κ3) is 2.81. The van der Waals surface area contributed by atoms with E-state index in [2.05, 4.69) is 6.07 Å². The molecular formula is C13H20N2O2S. The Morgan fingerprint density at radius 3 is 2.67 bits per heavy atom. The van der Waals surface area contributed by atoms with E-state index < -0.39 is 0 Å². The summed E-state index contributed by atoms with van der Waals surface area (Å²) in [4.78, 5) is 14.1. The Morgan fingerprint density at radius 1 is 1.44 bits per heavy atom. The average Bonchev–Trinajstić information content (AvgIpc) is 2.47. The van der Waals surface area contributed by atoms with Crippen molar-refractivity contribution in [3.8, 4) is 6.07 Å². The van der Waals surface area contributed by atoms with Crippen LogP contribution in [0.25, 0.3) is 0 Å². The van der Waals surface area contributed by atoms with E-state index >= 15 is 0 Å². The topological polar surface area (TPSA) is 53.3 Å². The van der Waals surface area contributed by atoms with Crippen molar-refractivity contribution in [2.45, 2.75) is 43.0 Å². The zero-order chi connectivity index (χ0) is 13.0. The summed E-state index contributed by atoms with van der Waals surface area (Å²) < 4.78 is 5.25. The van der Waals surface area contributed by atoms with Crippen LogP contribution in [0, 0.1) is 11.3 Å². The molecule has 0 N–H and O–H groups in total. The molecule has 0 spiro atoms. The highest BCUT2D eigenvalue weighted by Gasteiger charge is 2.37. The van der Waals surface area contributed by atoms with Crippen LogP contribution in [0.5, 0.6) is 0 Å². The predicted octanol–water partition coefficient (Wildman–Crippen LogP) is 1.80. The minimum Gasteiger partial charge on any atom is -0.368 e. The molecule has 2 rings (SSSR count). The summed E-state index contributed by atoms with van der Waals surface area (Å²) in [6.45, 7) is 2.08. The maximum Gasteiger partial charge on any atom is 0.251 e. The SMILES string of the molecule is CSC1(C#N)CCN(C(=O)C2CCCCO2)CC1. The lowest BCUT2D eigenvalue weighted by atomic mass is 9.96. The second-order valence-corrected chi connectivity index (χ2v) is 6.18. The van der Waals surface area contributed by atoms with E-state index in [1.54, 1.807) is 11.8 Å². The van der Waals surface area contributed by atoms with Gasteiger partial charge in [-0.1, -0.05) is 0 Å². The van der Waals surface area contributed by atoms with Crippen molar-refractivity contribution in [1.29, 1.82) is 5.26 Å². The number of piperidine rings is 1. The van der Waals surface area contributed by atoms with Gasteiger partial charge in [0, 0.05) is 19.7 Å². The van der Waals surface area contributed by atoms with E-state index in [0.29, 0.717) is 19.7 Å². The lowest BCUT2D eigenvalue weighted by Crippen LogP contribution is -2.49. The number of rotatable bonds is 2. The number of nitriles is 1. The summed E-state index contributed by atoms with van der Waals surface area (Å²) in [5.74, 6) is 0.127. The van der Waals surface area contributed by atoms with Crippen LogP contribution in [0.3, 0.4) is 0 Å². The summed E-state index contributed by atoms with van der Waals surface area (Å²) in [6, 6.07) is 2.40. The molecule has 0 radical (unpaired) electrons. The summed E-state index contributed by atoms with van der Waals surface area (Å²) in [5, 5.41) is 9.22. The number of carbonyl (C=O) groups excluding carboxylic acids is 1. The van der Waals surface area contributed by atoms with Crippen LogP contribution in [0.2, 0.25) is 0 Å². The number of thioether (sulfide) groups is 1. The molecule has 0 aromatic heterocycles. The standard InChI is InChI=1S/C13H20N2O2S/c1-18-13(10-14)5-7-15(8-6-13)12(16)11-4-2-3-9-17-11/h11H,2-9H2,1H3. The Balaban J connectivity index is 1.89. The number of nitrogens with zero attached hydrogens (tertiary/aromatic N) is 2. The summed E-state index contributed by atoms with van der Waals surface area (Å²) in [5.41, 5.74) is 0. The van der Waals surface area contributed by atoms with E-state index in [4.69, 9.17) is 4.74 Å². The molecule has 1 amide bonds. The third-order valence-electron chi connectivity index (χ3n) is 3.93. The van der Waals surface area contributed by atoms with Gasteiger partial charge in [-0.3, -0.25) is 4.79 Å². The molecule has 0 saturated carbocycles. The molecule has 2 saturated heterocycles. The van der Waals surface area contributed by atoms with Crippen molar-refractivity contribution in [2.24, 2.45) is 0 Å². The second-order valence-electron chi connectivity index (χ2n) is 4.99. The van der Waals surface area contributed by atoms with Gasteiger partial charge in [0.15, 0.2) is 0 Å². The summed E-state index contributed by atoms with van der Waals surface area (Å²) in [7, 11) is 0. The summed E-state index contributed by atoms with van der Waals surface area (Å²) in [6.07, 6.45) is 6.27. The Kier molecular flexibility index (Phi) is 4.52. The van der Waals surface area contributed by atoms with Crippen molar-refractivity contribution >= 4 is 17.7 Å². The van der Waals surface area contributed by atoms with E-state index in [0.717, 1.165) is 32.1 Å². The number of likely N-dealkylation sites (tertiary alicyclic amines) is 1. The van der Waals surface area contributed by atoms with Crippen LogP contribution in [-0.2, 0) is 9.53 Å². The van der Waals surface area contributed by atoms with Crippen LogP contribution in [0.4, 0.5) is 0 Å². The minimum atomic E-state index is -0.287. The van der Waals surface area contributed by atoms with Crippen LogP contribution in [0.15, 0.2) is 0 Å². The van der Waals surface area contributed by atoms with Gasteiger partial charge in [0.2, 0.25) is 0 Å². The Labute approximate surface area is 113 Å². The predicted molar refractivity (Wildman–Crippen MR) is 71.3 cm³/mol. The average molecular weight is 268 g/mol. The first kappa shape index (κ1) is 13.7. The van der Waals surface area contributed by atoms with E-state index in [-0.39, 0.29) is 16.8 Å². The molecule has 0 aliphatic carbocycles. The van der Waals surface area contributed by atoms with Crippen LogP contribution in [-0.4, -0.2) is 47.6 Å². The van der Waals surface area contributed by atoms with Crippen molar-refractivity contribution < 1.29 is 9.53 Å². The maximum absolute atomic E-state index is 12.3. The highest BCUT2D eigenvalue weighted by atomic mass is 32.2. The fraction of sp³-hybridized carbons (Fsp3) is 0.846. The zero-order valence-electron chi connectivity index (χ0n) is 10.9. The molecule has 100 valence electrons. The van der Waals surface area contributed by atoms with Crippen LogP contribution < -0.4 is 0 Å². The molecule has 1 atom stereocenters. The molecule has 2 heterocycles. The normalized spacial score (nSPS) is 27.6. The van der Waals surface area contributed by atoms with Gasteiger partial charge in [-0.2, -0.15) is 5.26 Å². The molecular weight excluding hydrogens is 248 g/mol. The monoisotopic (exact) mass is 268 g/mol. The highest BCUT2D eigenvalue weighted by molar-refractivity contribution is 8.00. The largest absolute Gasteiger partial charge is 0.368 e. The van der Waals surface area contributed by atoms with Crippen LogP contribution >= 0.6 is 11.8 Å². The highest BCUT2D eigenvalue weighted by Crippen LogP contribution is 2.34. The minimum absolute atomic E-state index is 0.127. The number of carbonyl (C=O) groups is 1. The molecule has 2 aliphatic heterocycles. The lowest BCUT2D eigenvalue weighted by Gasteiger charge is -2.38. The fourth-order valence-electron chi connectivity index (χ4n) is 2.59. The van der Waals surface area contributed by atoms with E-state index in [1.807, 2.05) is 11.2 Å². The first-order valence-electron chi connectivity index (χ1n) is 6.57. The van der Waals surface area contributed by atoms with Crippen molar-refractivity contribution in [3.05, 3.63) is 0 Å². The Morgan fingerprint density at radius 2 is 2.17 bits per heavy atom. The molecule has 4 nitrogen and oxygen atoms in total. The maximum atomic E-state index is 12.3. The Hall–Kier alpha value is -0.730. The van der Waals surface area contributed by atoms with Crippen molar-refractivity contribution in [3.63, 3.8) is 0 Å². The Bertz CT molecular complexity index is 339. The van der Waals surface area contributed by atoms with Gasteiger partial charge in [0.05, 0.1) is 6.07 Å². The first-order valence-corrected chi connectivity index (χ1v) is 7.80. The van der Waals surface area contributed by atoms with E-state index in [1.165, 1.54) is 0 Å². The quantitative estimate of drug-likeness (QED) is 0.766. The molecule has 1 unspecified atom stereocenters. The molecule has 18 heavy (non-hydrogen) atoms. The molecule has 0 aromatic carbocycles. The van der Waals surface area contributed by atoms with Crippen molar-refractivity contribution in [1.82, 2.24) is 4.90 Å². The second kappa shape index (κ2) is 5.94. The van der Waals surface area contributed by atoms with Crippen LogP contribution in [0.1, 0.15) is 32.1 Å². The lowest BCUT2D eigenvalue weighted by molar-refractivity contribution is -0.147. The van der Waals surface area contributed by atoms with Gasteiger partial charge in [-0.15, -0.1) is 11.8 Å². The van der Waals surface area contributed by atoms with Gasteiger partial charge in [-0.05, 0) is 38.4 Å². The zero-order valence-corrected chi connectivity index (χ0v) is 11.7.